The fourth-order valence-electron chi connectivity index (χ4n) is 3.03. The smallest absolute Gasteiger partial charge is 0.338 e. The molecule has 0 N–H and O–H groups in total. The summed E-state index contributed by atoms with van der Waals surface area (Å²) in [5.41, 5.74) is 1.01. The molecule has 0 saturated carbocycles. The maximum Gasteiger partial charge on any atom is 0.338 e. The summed E-state index contributed by atoms with van der Waals surface area (Å²) < 4.78 is 37.5. The predicted molar refractivity (Wildman–Crippen MR) is 101 cm³/mol. The van der Waals surface area contributed by atoms with E-state index in [1.807, 2.05) is 12.1 Å². The molecule has 0 aliphatic carbocycles. The van der Waals surface area contributed by atoms with Crippen LogP contribution in [0.1, 0.15) is 35.2 Å². The second-order valence-electron chi connectivity index (χ2n) is 6.42. The van der Waals surface area contributed by atoms with E-state index in [0.717, 1.165) is 24.8 Å². The first-order valence-electron chi connectivity index (χ1n) is 8.91. The zero-order valence-corrected chi connectivity index (χ0v) is 16.1. The first-order valence-corrected chi connectivity index (χ1v) is 10.3. The van der Waals surface area contributed by atoms with Crippen molar-refractivity contribution >= 4 is 16.0 Å². The highest BCUT2D eigenvalue weighted by Crippen LogP contribution is 2.22. The van der Waals surface area contributed by atoms with Gasteiger partial charge in [-0.05, 0) is 48.7 Å². The predicted octanol–water partition coefficient (Wildman–Crippen LogP) is 3.23. The number of rotatable bonds is 6. The van der Waals surface area contributed by atoms with Crippen LogP contribution in [0.5, 0.6) is 5.75 Å². The van der Waals surface area contributed by atoms with Gasteiger partial charge in [0, 0.05) is 13.1 Å². The SMILES string of the molecule is COc1cccc(COC(=O)c2cccc(S(=O)(=O)N3CCCCC3)c2)c1. The van der Waals surface area contributed by atoms with Crippen molar-refractivity contribution in [3.8, 4) is 5.75 Å². The molecule has 0 spiro atoms. The summed E-state index contributed by atoms with van der Waals surface area (Å²) in [6.07, 6.45) is 2.77. The summed E-state index contributed by atoms with van der Waals surface area (Å²) in [5.74, 6) is 0.117. The number of hydrogen-bond donors (Lipinski definition) is 0. The third-order valence-corrected chi connectivity index (χ3v) is 6.42. The van der Waals surface area contributed by atoms with Gasteiger partial charge in [0.25, 0.3) is 0 Å². The number of piperidine rings is 1. The van der Waals surface area contributed by atoms with Crippen LogP contribution in [0, 0.1) is 0 Å². The summed E-state index contributed by atoms with van der Waals surface area (Å²) >= 11 is 0. The maximum absolute atomic E-state index is 12.8. The Hall–Kier alpha value is -2.38. The molecule has 0 amide bonds. The lowest BCUT2D eigenvalue weighted by molar-refractivity contribution is 0.0472. The van der Waals surface area contributed by atoms with Gasteiger partial charge in [-0.15, -0.1) is 0 Å². The Balaban J connectivity index is 1.71. The molecule has 0 bridgehead atoms. The normalized spacial score (nSPS) is 15.3. The van der Waals surface area contributed by atoms with Gasteiger partial charge in [0.1, 0.15) is 12.4 Å². The fourth-order valence-corrected chi connectivity index (χ4v) is 4.60. The average molecular weight is 389 g/mol. The highest BCUT2D eigenvalue weighted by Gasteiger charge is 2.26. The van der Waals surface area contributed by atoms with Crippen molar-refractivity contribution in [1.82, 2.24) is 4.31 Å². The molecule has 0 aromatic heterocycles. The van der Waals surface area contributed by atoms with Crippen LogP contribution >= 0.6 is 0 Å². The minimum absolute atomic E-state index is 0.0825. The zero-order valence-electron chi connectivity index (χ0n) is 15.3. The van der Waals surface area contributed by atoms with Crippen LogP contribution in [-0.4, -0.2) is 38.9 Å². The molecule has 0 radical (unpaired) electrons. The molecule has 1 fully saturated rings. The van der Waals surface area contributed by atoms with Crippen molar-refractivity contribution in [3.63, 3.8) is 0 Å². The van der Waals surface area contributed by atoms with Gasteiger partial charge in [0.2, 0.25) is 10.0 Å². The fraction of sp³-hybridized carbons (Fsp3) is 0.350. The van der Waals surface area contributed by atoms with Gasteiger partial charge in [-0.25, -0.2) is 13.2 Å². The molecule has 27 heavy (non-hydrogen) atoms. The van der Waals surface area contributed by atoms with E-state index < -0.39 is 16.0 Å². The van der Waals surface area contributed by atoms with Crippen LogP contribution < -0.4 is 4.74 Å². The summed E-state index contributed by atoms with van der Waals surface area (Å²) in [6.45, 7) is 1.12. The van der Waals surface area contributed by atoms with E-state index in [1.165, 1.54) is 16.4 Å². The number of benzene rings is 2. The number of carbonyl (C=O) groups is 1. The quantitative estimate of drug-likeness (QED) is 0.709. The Kier molecular flexibility index (Phi) is 6.13. The highest BCUT2D eigenvalue weighted by molar-refractivity contribution is 7.89. The lowest BCUT2D eigenvalue weighted by Crippen LogP contribution is -2.35. The lowest BCUT2D eigenvalue weighted by Gasteiger charge is -2.25. The number of nitrogens with zero attached hydrogens (tertiary/aromatic N) is 1. The number of carbonyl (C=O) groups excluding carboxylic acids is 1. The molecule has 1 aliphatic heterocycles. The Morgan fingerprint density at radius 1 is 1.04 bits per heavy atom. The van der Waals surface area contributed by atoms with Gasteiger partial charge in [0.05, 0.1) is 17.6 Å². The largest absolute Gasteiger partial charge is 0.497 e. The van der Waals surface area contributed by atoms with Crippen LogP contribution in [-0.2, 0) is 21.4 Å². The summed E-state index contributed by atoms with van der Waals surface area (Å²) in [7, 11) is -2.02. The van der Waals surface area contributed by atoms with E-state index in [0.29, 0.717) is 18.8 Å². The average Bonchev–Trinajstić information content (AvgIpc) is 2.73. The molecule has 1 heterocycles. The van der Waals surface area contributed by atoms with E-state index in [2.05, 4.69) is 0 Å². The minimum atomic E-state index is -3.59. The Bertz CT molecular complexity index is 904. The van der Waals surface area contributed by atoms with Gasteiger partial charge < -0.3 is 9.47 Å². The lowest BCUT2D eigenvalue weighted by atomic mass is 10.2. The molecule has 144 valence electrons. The van der Waals surface area contributed by atoms with E-state index in [9.17, 15) is 13.2 Å². The first-order chi connectivity index (χ1) is 13.0. The van der Waals surface area contributed by atoms with Crippen molar-refractivity contribution < 1.29 is 22.7 Å². The van der Waals surface area contributed by atoms with Crippen molar-refractivity contribution in [2.75, 3.05) is 20.2 Å². The number of esters is 1. The standard InChI is InChI=1S/C20H23NO5S/c1-25-18-9-5-7-16(13-18)15-26-20(22)17-8-6-10-19(14-17)27(23,24)21-11-3-2-4-12-21/h5-10,13-14H,2-4,11-12,15H2,1H3. The molecule has 6 nitrogen and oxygen atoms in total. The van der Waals surface area contributed by atoms with Gasteiger partial charge in [-0.2, -0.15) is 4.31 Å². The van der Waals surface area contributed by atoms with E-state index in [1.54, 1.807) is 31.4 Å². The van der Waals surface area contributed by atoms with E-state index in [-0.39, 0.29) is 17.1 Å². The third-order valence-electron chi connectivity index (χ3n) is 4.53. The molecule has 2 aromatic rings. The van der Waals surface area contributed by atoms with Crippen molar-refractivity contribution in [1.29, 1.82) is 0 Å². The number of sulfonamides is 1. The van der Waals surface area contributed by atoms with E-state index >= 15 is 0 Å². The highest BCUT2D eigenvalue weighted by atomic mass is 32.2. The summed E-state index contributed by atoms with van der Waals surface area (Å²) in [4.78, 5) is 12.5. The van der Waals surface area contributed by atoms with Crippen LogP contribution in [0.15, 0.2) is 53.4 Å². The van der Waals surface area contributed by atoms with Crippen LogP contribution in [0.4, 0.5) is 0 Å². The van der Waals surface area contributed by atoms with Gasteiger partial charge >= 0.3 is 5.97 Å². The minimum Gasteiger partial charge on any atom is -0.497 e. The Labute approximate surface area is 159 Å². The van der Waals surface area contributed by atoms with Gasteiger partial charge in [-0.1, -0.05) is 24.6 Å². The third kappa shape index (κ3) is 4.67. The molecule has 7 heteroatoms. The molecule has 0 unspecified atom stereocenters. The van der Waals surface area contributed by atoms with E-state index in [4.69, 9.17) is 9.47 Å². The Morgan fingerprint density at radius 3 is 2.52 bits per heavy atom. The molecular weight excluding hydrogens is 366 g/mol. The Morgan fingerprint density at radius 2 is 1.78 bits per heavy atom. The van der Waals surface area contributed by atoms with Gasteiger partial charge in [0.15, 0.2) is 0 Å². The van der Waals surface area contributed by atoms with Crippen LogP contribution in [0.25, 0.3) is 0 Å². The molecular formula is C20H23NO5S. The zero-order chi connectivity index (χ0) is 19.3. The van der Waals surface area contributed by atoms with Crippen molar-refractivity contribution in [2.45, 2.75) is 30.8 Å². The second-order valence-corrected chi connectivity index (χ2v) is 8.36. The maximum atomic E-state index is 12.8. The van der Waals surface area contributed by atoms with Crippen LogP contribution in [0.2, 0.25) is 0 Å². The van der Waals surface area contributed by atoms with Gasteiger partial charge in [-0.3, -0.25) is 0 Å². The topological polar surface area (TPSA) is 72.9 Å². The summed E-state index contributed by atoms with van der Waals surface area (Å²) in [5, 5.41) is 0. The number of methoxy groups -OCH3 is 1. The second kappa shape index (κ2) is 8.54. The molecule has 1 saturated heterocycles. The molecule has 3 rings (SSSR count). The molecule has 0 atom stereocenters. The van der Waals surface area contributed by atoms with Crippen molar-refractivity contribution in [3.05, 3.63) is 59.7 Å². The first kappa shape index (κ1) is 19.4. The molecule has 1 aliphatic rings. The molecule has 2 aromatic carbocycles. The van der Waals surface area contributed by atoms with Crippen LogP contribution in [0.3, 0.4) is 0 Å². The number of ether oxygens (including phenoxy) is 2. The monoisotopic (exact) mass is 389 g/mol. The number of hydrogen-bond acceptors (Lipinski definition) is 5. The van der Waals surface area contributed by atoms with Crippen molar-refractivity contribution in [2.24, 2.45) is 0 Å². The summed E-state index contributed by atoms with van der Waals surface area (Å²) in [6, 6.07) is 13.3.